The van der Waals surface area contributed by atoms with Gasteiger partial charge in [0.1, 0.15) is 12.4 Å². The van der Waals surface area contributed by atoms with Crippen molar-refractivity contribution in [2.45, 2.75) is 12.8 Å². The summed E-state index contributed by atoms with van der Waals surface area (Å²) in [4.78, 5) is 3.70. The zero-order chi connectivity index (χ0) is 23.3. The van der Waals surface area contributed by atoms with E-state index in [0.717, 1.165) is 21.4 Å². The number of nitrogens with one attached hydrogen (secondary N) is 1. The number of aromatic nitrogens is 1. The molecule has 0 saturated heterocycles. The van der Waals surface area contributed by atoms with Gasteiger partial charge in [-0.15, -0.1) is 0 Å². The van der Waals surface area contributed by atoms with Gasteiger partial charge in [-0.3, -0.25) is 5.43 Å². The second-order valence-electron chi connectivity index (χ2n) is 6.36. The maximum atomic E-state index is 12.6. The van der Waals surface area contributed by atoms with E-state index in [4.69, 9.17) is 32.7 Å². The van der Waals surface area contributed by atoms with E-state index in [1.54, 1.807) is 24.3 Å². The van der Waals surface area contributed by atoms with Gasteiger partial charge in [-0.05, 0) is 64.6 Å². The number of alkyl halides is 3. The Bertz CT molecular complexity index is 1130. The first-order chi connectivity index (χ1) is 15.2. The number of hydrogen-bond donors (Lipinski definition) is 1. The van der Waals surface area contributed by atoms with E-state index in [1.165, 1.54) is 19.4 Å². The maximum Gasteiger partial charge on any atom is 0.417 e. The smallest absolute Gasteiger partial charge is 0.417 e. The van der Waals surface area contributed by atoms with Gasteiger partial charge in [-0.1, -0.05) is 29.3 Å². The van der Waals surface area contributed by atoms with E-state index >= 15 is 0 Å². The van der Waals surface area contributed by atoms with Gasteiger partial charge in [0.15, 0.2) is 11.5 Å². The Kier molecular flexibility index (Phi) is 8.07. The number of hydrazone groups is 1. The first kappa shape index (κ1) is 24.4. The van der Waals surface area contributed by atoms with Crippen LogP contribution in [0.15, 0.2) is 53.8 Å². The molecule has 0 aliphatic heterocycles. The number of benzene rings is 2. The van der Waals surface area contributed by atoms with Crippen LogP contribution in [-0.4, -0.2) is 18.3 Å². The van der Waals surface area contributed by atoms with Crippen LogP contribution in [0, 0.1) is 3.57 Å². The quantitative estimate of drug-likeness (QED) is 0.181. The average Bonchev–Trinajstić information content (AvgIpc) is 2.73. The Morgan fingerprint density at radius 3 is 2.56 bits per heavy atom. The number of halogens is 6. The molecule has 1 N–H and O–H groups in total. The molecular weight excluding hydrogens is 581 g/mol. The summed E-state index contributed by atoms with van der Waals surface area (Å²) in [7, 11) is 1.51. The molecule has 3 rings (SSSR count). The Balaban J connectivity index is 1.70. The van der Waals surface area contributed by atoms with Gasteiger partial charge in [0, 0.05) is 21.8 Å². The lowest BCUT2D eigenvalue weighted by Crippen LogP contribution is -2.05. The minimum Gasteiger partial charge on any atom is -0.493 e. The maximum absolute atomic E-state index is 12.6. The largest absolute Gasteiger partial charge is 0.493 e. The normalized spacial score (nSPS) is 11.6. The van der Waals surface area contributed by atoms with E-state index < -0.39 is 11.7 Å². The Hall–Kier alpha value is -2.24. The first-order valence-electron chi connectivity index (χ1n) is 8.94. The fourth-order valence-corrected chi connectivity index (χ4v) is 3.79. The molecule has 0 fully saturated rings. The predicted molar refractivity (Wildman–Crippen MR) is 127 cm³/mol. The molecule has 0 saturated carbocycles. The highest BCUT2D eigenvalue weighted by molar-refractivity contribution is 14.1. The molecular formula is C21H15Cl2F3IN3O2. The van der Waals surface area contributed by atoms with Gasteiger partial charge in [-0.25, -0.2) is 4.98 Å². The Labute approximate surface area is 205 Å². The lowest BCUT2D eigenvalue weighted by atomic mass is 10.2. The van der Waals surface area contributed by atoms with Crippen molar-refractivity contribution in [3.05, 3.63) is 79.0 Å². The third-order valence-corrected chi connectivity index (χ3v) is 5.51. The van der Waals surface area contributed by atoms with Crippen LogP contribution in [0.5, 0.6) is 11.5 Å². The van der Waals surface area contributed by atoms with Gasteiger partial charge in [0.05, 0.1) is 22.5 Å². The number of anilines is 1. The van der Waals surface area contributed by atoms with Crippen molar-refractivity contribution in [2.75, 3.05) is 12.5 Å². The lowest BCUT2D eigenvalue weighted by molar-refractivity contribution is -0.137. The molecule has 32 heavy (non-hydrogen) atoms. The lowest BCUT2D eigenvalue weighted by Gasteiger charge is -2.14. The minimum absolute atomic E-state index is 0.177. The van der Waals surface area contributed by atoms with E-state index in [0.29, 0.717) is 27.1 Å². The number of hydrogen-bond acceptors (Lipinski definition) is 5. The number of rotatable bonds is 7. The van der Waals surface area contributed by atoms with Crippen molar-refractivity contribution in [1.82, 2.24) is 4.98 Å². The molecule has 0 radical (unpaired) electrons. The molecule has 0 unspecified atom stereocenters. The van der Waals surface area contributed by atoms with E-state index in [1.807, 2.05) is 6.07 Å². The standard InChI is InChI=1S/C21H15Cl2F3IN3O2/c1-31-18-7-12(9-29-30-19-5-3-14(10-28-19)21(24,25)26)6-17(27)20(18)32-11-13-2-4-15(22)8-16(13)23/h2-10H,11H2,1H3,(H,28,30)/b29-9-. The van der Waals surface area contributed by atoms with Crippen LogP contribution in [0.4, 0.5) is 19.0 Å². The van der Waals surface area contributed by atoms with E-state index in [-0.39, 0.29) is 12.4 Å². The van der Waals surface area contributed by atoms with Gasteiger partial charge in [0.25, 0.3) is 0 Å². The molecule has 0 aliphatic carbocycles. The van der Waals surface area contributed by atoms with Crippen LogP contribution in [0.25, 0.3) is 0 Å². The van der Waals surface area contributed by atoms with Crippen molar-refractivity contribution in [3.8, 4) is 11.5 Å². The van der Waals surface area contributed by atoms with Crippen LogP contribution in [0.2, 0.25) is 10.0 Å². The Morgan fingerprint density at radius 1 is 1.16 bits per heavy atom. The molecule has 168 valence electrons. The molecule has 11 heteroatoms. The van der Waals surface area contributed by atoms with Gasteiger partial charge in [0.2, 0.25) is 0 Å². The van der Waals surface area contributed by atoms with Crippen LogP contribution in [-0.2, 0) is 12.8 Å². The van der Waals surface area contributed by atoms with Gasteiger partial charge >= 0.3 is 6.18 Å². The predicted octanol–water partition coefficient (Wildman–Crippen LogP) is 7.05. The molecule has 1 aromatic heterocycles. The summed E-state index contributed by atoms with van der Waals surface area (Å²) in [5, 5.41) is 5.05. The van der Waals surface area contributed by atoms with Gasteiger partial charge < -0.3 is 9.47 Å². The monoisotopic (exact) mass is 595 g/mol. The highest BCUT2D eigenvalue weighted by Crippen LogP contribution is 2.35. The SMILES string of the molecule is COc1cc(/C=N\Nc2ccc(C(F)(F)F)cn2)cc(I)c1OCc1ccc(Cl)cc1Cl. The summed E-state index contributed by atoms with van der Waals surface area (Å²) in [5.41, 5.74) is 3.21. The minimum atomic E-state index is -4.44. The molecule has 0 bridgehead atoms. The number of ether oxygens (including phenoxy) is 2. The molecule has 3 aromatic rings. The second-order valence-corrected chi connectivity index (χ2v) is 8.36. The molecule has 0 amide bonds. The summed E-state index contributed by atoms with van der Waals surface area (Å²) in [5.74, 6) is 1.19. The highest BCUT2D eigenvalue weighted by atomic mass is 127. The summed E-state index contributed by atoms with van der Waals surface area (Å²) in [6.07, 6.45) is -2.21. The van der Waals surface area contributed by atoms with Crippen LogP contribution in [0.1, 0.15) is 16.7 Å². The van der Waals surface area contributed by atoms with Crippen molar-refractivity contribution < 1.29 is 22.6 Å². The van der Waals surface area contributed by atoms with Crippen LogP contribution < -0.4 is 14.9 Å². The molecule has 0 atom stereocenters. The van der Waals surface area contributed by atoms with Crippen molar-refractivity contribution in [3.63, 3.8) is 0 Å². The fraction of sp³-hybridized carbons (Fsp3) is 0.143. The molecule has 0 aliphatic rings. The van der Waals surface area contributed by atoms with E-state index in [2.05, 4.69) is 38.1 Å². The molecule has 2 aromatic carbocycles. The van der Waals surface area contributed by atoms with Crippen molar-refractivity contribution in [1.29, 1.82) is 0 Å². The first-order valence-corrected chi connectivity index (χ1v) is 10.8. The zero-order valence-electron chi connectivity index (χ0n) is 16.4. The molecule has 5 nitrogen and oxygen atoms in total. The number of pyridine rings is 1. The van der Waals surface area contributed by atoms with Crippen LogP contribution in [0.3, 0.4) is 0 Å². The number of methoxy groups -OCH3 is 1. The van der Waals surface area contributed by atoms with Gasteiger partial charge in [-0.2, -0.15) is 18.3 Å². The van der Waals surface area contributed by atoms with Crippen LogP contribution >= 0.6 is 45.8 Å². The number of nitrogens with zero attached hydrogens (tertiary/aromatic N) is 2. The third-order valence-electron chi connectivity index (χ3n) is 4.12. The molecule has 0 spiro atoms. The summed E-state index contributed by atoms with van der Waals surface area (Å²) >= 11 is 14.2. The Morgan fingerprint density at radius 2 is 1.94 bits per heavy atom. The zero-order valence-corrected chi connectivity index (χ0v) is 20.1. The summed E-state index contributed by atoms with van der Waals surface area (Å²) < 4.78 is 49.9. The molecule has 1 heterocycles. The van der Waals surface area contributed by atoms with Crippen molar-refractivity contribution in [2.24, 2.45) is 5.10 Å². The average molecular weight is 596 g/mol. The third kappa shape index (κ3) is 6.39. The summed E-state index contributed by atoms with van der Waals surface area (Å²) in [6.45, 7) is 0.219. The van der Waals surface area contributed by atoms with E-state index in [9.17, 15) is 13.2 Å². The van der Waals surface area contributed by atoms with Crippen molar-refractivity contribution >= 4 is 57.8 Å². The highest BCUT2D eigenvalue weighted by Gasteiger charge is 2.30. The fourth-order valence-electron chi connectivity index (χ4n) is 2.54. The second kappa shape index (κ2) is 10.6. The topological polar surface area (TPSA) is 55.7 Å². The summed E-state index contributed by atoms with van der Waals surface area (Å²) in [6, 6.07) is 10.8.